The van der Waals surface area contributed by atoms with Crippen LogP contribution in [-0.2, 0) is 4.74 Å². The van der Waals surface area contributed by atoms with E-state index >= 15 is 0 Å². The third-order valence-corrected chi connectivity index (χ3v) is 1.30. The topological polar surface area (TPSA) is 23.3 Å². The van der Waals surface area contributed by atoms with Gasteiger partial charge in [0.15, 0.2) is 0 Å². The minimum absolute atomic E-state index is 0.353. The minimum atomic E-state index is 0.353. The average molecular weight is 114 g/mol. The van der Waals surface area contributed by atoms with Crippen LogP contribution >= 0.6 is 0 Å². The van der Waals surface area contributed by atoms with Crippen LogP contribution in [0, 0.1) is 0 Å². The summed E-state index contributed by atoms with van der Waals surface area (Å²) in [7, 11) is 0. The molecule has 0 bridgehead atoms. The number of rotatable bonds is 0. The van der Waals surface area contributed by atoms with Gasteiger partial charge in [0.2, 0.25) is 0 Å². The zero-order valence-corrected chi connectivity index (χ0v) is 5.42. The first-order valence-electron chi connectivity index (χ1n) is 3.07. The van der Waals surface area contributed by atoms with E-state index in [1.165, 1.54) is 0 Å². The van der Waals surface area contributed by atoms with Gasteiger partial charge in [-0.15, -0.1) is 0 Å². The van der Waals surface area contributed by atoms with Crippen LogP contribution in [0.5, 0.6) is 0 Å². The number of hydrogen-bond donors (Lipinski definition) is 0. The van der Waals surface area contributed by atoms with Crippen LogP contribution in [0.2, 0.25) is 0 Å². The first kappa shape index (κ1) is 6.05. The first-order chi connectivity index (χ1) is 3.79. The Balaban J connectivity index is 2.19. The molecular weight excluding hydrogens is 102 g/mol. The highest BCUT2D eigenvalue weighted by atomic mass is 16.5. The zero-order valence-electron chi connectivity index (χ0n) is 5.42. The summed E-state index contributed by atoms with van der Waals surface area (Å²) in [6, 6.07) is 0.422. The monoisotopic (exact) mass is 114 g/mol. The van der Waals surface area contributed by atoms with Crippen LogP contribution in [0.15, 0.2) is 0 Å². The van der Waals surface area contributed by atoms with Gasteiger partial charge in [0.25, 0.3) is 0 Å². The maximum atomic E-state index is 5.30. The van der Waals surface area contributed by atoms with Crippen LogP contribution in [0.3, 0.4) is 0 Å². The highest BCUT2D eigenvalue weighted by molar-refractivity contribution is 4.67. The molecule has 1 aliphatic heterocycles. The van der Waals surface area contributed by atoms with Gasteiger partial charge >= 0.3 is 0 Å². The molecule has 2 nitrogen and oxygen atoms in total. The Hall–Kier alpha value is -0.0800. The van der Waals surface area contributed by atoms with Gasteiger partial charge in [0, 0.05) is 12.6 Å². The van der Waals surface area contributed by atoms with Crippen molar-refractivity contribution < 1.29 is 4.74 Å². The zero-order chi connectivity index (χ0) is 5.98. The van der Waals surface area contributed by atoms with E-state index in [4.69, 9.17) is 4.74 Å². The molecule has 0 spiro atoms. The van der Waals surface area contributed by atoms with Gasteiger partial charge in [-0.2, -0.15) is 0 Å². The van der Waals surface area contributed by atoms with Crippen molar-refractivity contribution in [1.82, 2.24) is 5.32 Å². The Morgan fingerprint density at radius 1 is 1.50 bits per heavy atom. The lowest BCUT2D eigenvalue weighted by Gasteiger charge is -2.23. The van der Waals surface area contributed by atoms with Crippen molar-refractivity contribution in [3.05, 3.63) is 0 Å². The molecule has 0 aliphatic carbocycles. The first-order valence-corrected chi connectivity index (χ1v) is 3.07. The number of nitrogens with zero attached hydrogens (tertiary/aromatic N) is 1. The Bertz CT molecular complexity index is 56.9. The molecule has 1 rings (SSSR count). The standard InChI is InChI=1S/C6H12NO/c1-5-4-8-6(2)3-7-5/h5-6H,3-4H2,1-2H3/t5-,6-/m1/s1. The Kier molecular flexibility index (Phi) is 1.86. The molecular formula is C6H12NO. The van der Waals surface area contributed by atoms with Crippen LogP contribution in [0.25, 0.3) is 0 Å². The maximum absolute atomic E-state index is 5.30. The molecule has 0 aromatic rings. The molecule has 0 aromatic heterocycles. The van der Waals surface area contributed by atoms with Crippen LogP contribution < -0.4 is 5.32 Å². The second-order valence-corrected chi connectivity index (χ2v) is 2.36. The summed E-state index contributed by atoms with van der Waals surface area (Å²) in [5.74, 6) is 0. The summed E-state index contributed by atoms with van der Waals surface area (Å²) in [6.45, 7) is 5.81. The van der Waals surface area contributed by atoms with Crippen molar-refractivity contribution in [3.8, 4) is 0 Å². The van der Waals surface area contributed by atoms with E-state index < -0.39 is 0 Å². The fraction of sp³-hybridized carbons (Fsp3) is 1.00. The Morgan fingerprint density at radius 3 is 2.62 bits per heavy atom. The molecule has 1 saturated heterocycles. The molecule has 0 amide bonds. The van der Waals surface area contributed by atoms with E-state index in [0.29, 0.717) is 12.1 Å². The predicted octanol–water partition coefficient (Wildman–Crippen LogP) is 0.398. The molecule has 0 saturated carbocycles. The molecule has 47 valence electrons. The van der Waals surface area contributed by atoms with E-state index in [-0.39, 0.29) is 0 Å². The summed E-state index contributed by atoms with van der Waals surface area (Å²) in [5, 5.41) is 4.29. The Labute approximate surface area is 50.2 Å². The largest absolute Gasteiger partial charge is 0.375 e. The number of morpholine rings is 1. The third-order valence-electron chi connectivity index (χ3n) is 1.30. The third kappa shape index (κ3) is 1.46. The lowest BCUT2D eigenvalue weighted by Crippen LogP contribution is -2.38. The molecule has 1 heterocycles. The number of ether oxygens (including phenoxy) is 1. The fourth-order valence-electron chi connectivity index (χ4n) is 0.737. The summed E-state index contributed by atoms with van der Waals surface area (Å²) in [5.41, 5.74) is 0. The van der Waals surface area contributed by atoms with Gasteiger partial charge in [-0.05, 0) is 13.8 Å². The van der Waals surface area contributed by atoms with Crippen molar-refractivity contribution in [1.29, 1.82) is 0 Å². The predicted molar refractivity (Wildman–Crippen MR) is 31.9 cm³/mol. The minimum Gasteiger partial charge on any atom is -0.375 e. The van der Waals surface area contributed by atoms with Crippen molar-refractivity contribution in [3.63, 3.8) is 0 Å². The normalized spacial score (nSPS) is 39.8. The molecule has 1 fully saturated rings. The molecule has 2 atom stereocenters. The molecule has 2 heteroatoms. The summed E-state index contributed by atoms with van der Waals surface area (Å²) < 4.78 is 5.30. The molecule has 8 heavy (non-hydrogen) atoms. The molecule has 0 N–H and O–H groups in total. The second-order valence-electron chi connectivity index (χ2n) is 2.36. The van der Waals surface area contributed by atoms with Gasteiger partial charge in [-0.25, -0.2) is 5.32 Å². The van der Waals surface area contributed by atoms with Crippen molar-refractivity contribution >= 4 is 0 Å². The fourth-order valence-corrected chi connectivity index (χ4v) is 0.737. The summed E-state index contributed by atoms with van der Waals surface area (Å²) in [6.07, 6.45) is 0.353. The molecule has 0 aromatic carbocycles. The average Bonchev–Trinajstić information content (AvgIpc) is 1.77. The lowest BCUT2D eigenvalue weighted by atomic mass is 10.3. The molecule has 1 aliphatic rings. The summed E-state index contributed by atoms with van der Waals surface area (Å²) >= 11 is 0. The van der Waals surface area contributed by atoms with Gasteiger partial charge in [0.05, 0.1) is 12.7 Å². The van der Waals surface area contributed by atoms with E-state index in [9.17, 15) is 0 Å². The van der Waals surface area contributed by atoms with Gasteiger partial charge in [-0.3, -0.25) is 0 Å². The SMILES string of the molecule is C[C@@H]1CO[C@H](C)C[N]1. The van der Waals surface area contributed by atoms with E-state index in [1.54, 1.807) is 0 Å². The van der Waals surface area contributed by atoms with Crippen LogP contribution in [0.4, 0.5) is 0 Å². The highest BCUT2D eigenvalue weighted by Crippen LogP contribution is 1.99. The van der Waals surface area contributed by atoms with Crippen molar-refractivity contribution in [2.45, 2.75) is 26.0 Å². The highest BCUT2D eigenvalue weighted by Gasteiger charge is 2.13. The van der Waals surface area contributed by atoms with E-state index in [2.05, 4.69) is 19.2 Å². The summed E-state index contributed by atoms with van der Waals surface area (Å²) in [4.78, 5) is 0. The van der Waals surface area contributed by atoms with Gasteiger partial charge in [0.1, 0.15) is 0 Å². The van der Waals surface area contributed by atoms with Gasteiger partial charge in [-0.1, -0.05) is 0 Å². The van der Waals surface area contributed by atoms with Crippen molar-refractivity contribution in [2.24, 2.45) is 0 Å². The van der Waals surface area contributed by atoms with Crippen LogP contribution in [0.1, 0.15) is 13.8 Å². The van der Waals surface area contributed by atoms with E-state index in [0.717, 1.165) is 13.2 Å². The second kappa shape index (κ2) is 2.46. The van der Waals surface area contributed by atoms with Crippen molar-refractivity contribution in [2.75, 3.05) is 13.2 Å². The lowest BCUT2D eigenvalue weighted by molar-refractivity contribution is 0.0176. The molecule has 0 unspecified atom stereocenters. The van der Waals surface area contributed by atoms with Crippen LogP contribution in [-0.4, -0.2) is 25.3 Å². The van der Waals surface area contributed by atoms with Gasteiger partial charge < -0.3 is 4.74 Å². The quantitative estimate of drug-likeness (QED) is 0.447. The number of hydrogen-bond acceptors (Lipinski definition) is 1. The van der Waals surface area contributed by atoms with E-state index in [1.807, 2.05) is 0 Å². The molecule has 1 radical (unpaired) electrons. The maximum Gasteiger partial charge on any atom is 0.0688 e. The smallest absolute Gasteiger partial charge is 0.0688 e. The Morgan fingerprint density at radius 2 is 2.25 bits per heavy atom.